The molecule has 0 aliphatic heterocycles. The number of aryl methyl sites for hydroxylation is 1. The molecule has 0 saturated carbocycles. The topological polar surface area (TPSA) is 98.0 Å². The van der Waals surface area contributed by atoms with Crippen LogP contribution in [0.2, 0.25) is 0 Å². The summed E-state index contributed by atoms with van der Waals surface area (Å²) in [6.07, 6.45) is 5.97. The van der Waals surface area contributed by atoms with Gasteiger partial charge < -0.3 is 5.11 Å². The third-order valence-corrected chi connectivity index (χ3v) is 4.92. The number of nitrogens with zero attached hydrogens (tertiary/aromatic N) is 4. The Hall–Kier alpha value is -3.35. The molecular formula is C23H26N4O3. The van der Waals surface area contributed by atoms with E-state index in [4.69, 9.17) is 0 Å². The number of aromatic carboxylic acids is 1. The smallest absolute Gasteiger partial charge is 0.337 e. The molecule has 3 rings (SSSR count). The van der Waals surface area contributed by atoms with Gasteiger partial charge in [-0.3, -0.25) is 9.78 Å². The van der Waals surface area contributed by atoms with Gasteiger partial charge in [-0.15, -0.1) is 5.10 Å². The van der Waals surface area contributed by atoms with Crippen LogP contribution in [-0.4, -0.2) is 36.6 Å². The zero-order valence-corrected chi connectivity index (χ0v) is 17.3. The predicted molar refractivity (Wildman–Crippen MR) is 114 cm³/mol. The molecule has 0 aliphatic rings. The van der Waals surface area contributed by atoms with Crippen LogP contribution in [0.25, 0.3) is 11.3 Å². The number of unbranched alkanes of at least 4 members (excludes halogenated alkanes) is 2. The van der Waals surface area contributed by atoms with Crippen LogP contribution in [0.4, 0.5) is 0 Å². The van der Waals surface area contributed by atoms with Crippen molar-refractivity contribution in [3.05, 3.63) is 65.4 Å². The summed E-state index contributed by atoms with van der Waals surface area (Å²) in [5, 5.41) is 13.8. The van der Waals surface area contributed by atoms with Crippen molar-refractivity contribution in [2.45, 2.75) is 52.5 Å². The lowest BCUT2D eigenvalue weighted by atomic mass is 10.0. The molecule has 3 aromatic rings. The van der Waals surface area contributed by atoms with Crippen LogP contribution in [0, 0.1) is 0 Å². The Morgan fingerprint density at radius 1 is 1.07 bits per heavy atom. The zero-order valence-electron chi connectivity index (χ0n) is 17.3. The van der Waals surface area contributed by atoms with Gasteiger partial charge in [-0.05, 0) is 24.1 Å². The number of rotatable bonds is 10. The standard InChI is InChI=1S/C23H26N4O3/c1-3-5-6-9-20-25-22(19(28)4-2)26-27(20)15-16-10-12-17(13-11-16)21-18(23(29)30)8-7-14-24-21/h7-8,10-14H,3-6,9,15H2,1-2H3,(H,29,30). The fourth-order valence-electron chi connectivity index (χ4n) is 3.24. The molecule has 0 unspecified atom stereocenters. The Morgan fingerprint density at radius 3 is 2.50 bits per heavy atom. The number of carbonyl (C=O) groups excluding carboxylic acids is 1. The molecule has 7 nitrogen and oxygen atoms in total. The van der Waals surface area contributed by atoms with E-state index in [0.29, 0.717) is 18.7 Å². The molecule has 0 spiro atoms. The minimum absolute atomic E-state index is 0.0582. The molecule has 0 bridgehead atoms. The molecule has 0 amide bonds. The summed E-state index contributed by atoms with van der Waals surface area (Å²) >= 11 is 0. The molecule has 30 heavy (non-hydrogen) atoms. The van der Waals surface area contributed by atoms with Crippen molar-refractivity contribution in [3.8, 4) is 11.3 Å². The average molecular weight is 406 g/mol. The third kappa shape index (κ3) is 4.97. The monoisotopic (exact) mass is 406 g/mol. The fourth-order valence-corrected chi connectivity index (χ4v) is 3.24. The highest BCUT2D eigenvalue weighted by molar-refractivity contribution is 5.94. The maximum absolute atomic E-state index is 12.1. The van der Waals surface area contributed by atoms with Crippen molar-refractivity contribution < 1.29 is 14.7 Å². The van der Waals surface area contributed by atoms with E-state index >= 15 is 0 Å². The van der Waals surface area contributed by atoms with Crippen molar-refractivity contribution in [2.75, 3.05) is 0 Å². The van der Waals surface area contributed by atoms with E-state index in [1.807, 2.05) is 31.2 Å². The largest absolute Gasteiger partial charge is 0.478 e. The number of carboxylic acid groups (broad SMARTS) is 1. The van der Waals surface area contributed by atoms with Gasteiger partial charge in [-0.25, -0.2) is 14.5 Å². The van der Waals surface area contributed by atoms with E-state index in [2.05, 4.69) is 22.0 Å². The first-order valence-corrected chi connectivity index (χ1v) is 10.3. The number of benzene rings is 1. The molecular weight excluding hydrogens is 380 g/mol. The Labute approximate surface area is 175 Å². The lowest BCUT2D eigenvalue weighted by molar-refractivity contribution is 0.0697. The number of carbonyl (C=O) groups is 2. The van der Waals surface area contributed by atoms with E-state index < -0.39 is 5.97 Å². The zero-order chi connectivity index (χ0) is 21.5. The molecule has 0 radical (unpaired) electrons. The van der Waals surface area contributed by atoms with Crippen molar-refractivity contribution in [3.63, 3.8) is 0 Å². The summed E-state index contributed by atoms with van der Waals surface area (Å²) in [5.41, 5.74) is 2.33. The summed E-state index contributed by atoms with van der Waals surface area (Å²) in [4.78, 5) is 32.2. The van der Waals surface area contributed by atoms with Crippen LogP contribution in [0.1, 0.15) is 71.9 Å². The molecule has 0 aliphatic carbocycles. The van der Waals surface area contributed by atoms with Gasteiger partial charge >= 0.3 is 5.97 Å². The molecule has 156 valence electrons. The highest BCUT2D eigenvalue weighted by atomic mass is 16.4. The van der Waals surface area contributed by atoms with Crippen LogP contribution in [0.3, 0.4) is 0 Å². The van der Waals surface area contributed by atoms with Crippen molar-refractivity contribution in [2.24, 2.45) is 0 Å². The van der Waals surface area contributed by atoms with Crippen LogP contribution < -0.4 is 0 Å². The number of hydrogen-bond acceptors (Lipinski definition) is 5. The van der Waals surface area contributed by atoms with E-state index in [9.17, 15) is 14.7 Å². The summed E-state index contributed by atoms with van der Waals surface area (Å²) in [6, 6.07) is 10.7. The first-order chi connectivity index (χ1) is 14.5. The van der Waals surface area contributed by atoms with Gasteiger partial charge in [0, 0.05) is 24.6 Å². The maximum atomic E-state index is 12.1. The Balaban J connectivity index is 1.83. The summed E-state index contributed by atoms with van der Waals surface area (Å²) in [5.74, 6) is 0.0363. The van der Waals surface area contributed by atoms with E-state index in [-0.39, 0.29) is 17.2 Å². The second-order valence-electron chi connectivity index (χ2n) is 7.14. The van der Waals surface area contributed by atoms with Crippen LogP contribution in [0.5, 0.6) is 0 Å². The van der Waals surface area contributed by atoms with Crippen LogP contribution in [0.15, 0.2) is 42.6 Å². The number of aromatic nitrogens is 4. The quantitative estimate of drug-likeness (QED) is 0.395. The van der Waals surface area contributed by atoms with Crippen molar-refractivity contribution in [1.29, 1.82) is 0 Å². The molecule has 1 N–H and O–H groups in total. The first-order valence-electron chi connectivity index (χ1n) is 10.3. The van der Waals surface area contributed by atoms with Gasteiger partial charge in [0.05, 0.1) is 17.8 Å². The van der Waals surface area contributed by atoms with Crippen molar-refractivity contribution >= 4 is 11.8 Å². The SMILES string of the molecule is CCCCCc1nc(C(=O)CC)nn1Cc1ccc(-c2ncccc2C(=O)O)cc1. The van der Waals surface area contributed by atoms with Gasteiger partial charge in [0.2, 0.25) is 11.6 Å². The number of hydrogen-bond donors (Lipinski definition) is 1. The Bertz CT molecular complexity index is 1030. The first kappa shape index (κ1) is 21.4. The van der Waals surface area contributed by atoms with Gasteiger partial charge in [0.25, 0.3) is 0 Å². The normalized spacial score (nSPS) is 10.9. The highest BCUT2D eigenvalue weighted by Crippen LogP contribution is 2.22. The maximum Gasteiger partial charge on any atom is 0.337 e. The summed E-state index contributed by atoms with van der Waals surface area (Å²) in [6.45, 7) is 4.46. The van der Waals surface area contributed by atoms with Gasteiger partial charge in [0.1, 0.15) is 5.82 Å². The van der Waals surface area contributed by atoms with Crippen molar-refractivity contribution in [1.82, 2.24) is 19.7 Å². The van der Waals surface area contributed by atoms with Gasteiger partial charge in [-0.1, -0.05) is 51.0 Å². The van der Waals surface area contributed by atoms with E-state index in [1.165, 1.54) is 0 Å². The minimum Gasteiger partial charge on any atom is -0.478 e. The summed E-state index contributed by atoms with van der Waals surface area (Å²) in [7, 11) is 0. The lowest BCUT2D eigenvalue weighted by Gasteiger charge is -2.08. The van der Waals surface area contributed by atoms with E-state index in [1.54, 1.807) is 23.0 Å². The fraction of sp³-hybridized carbons (Fsp3) is 0.348. The molecule has 2 heterocycles. The number of ketones is 1. The number of carboxylic acids is 1. The highest BCUT2D eigenvalue weighted by Gasteiger charge is 2.16. The number of pyridine rings is 1. The Kier molecular flexibility index (Phi) is 7.06. The molecule has 0 atom stereocenters. The number of Topliss-reactive ketones (excluding diaryl/α,β-unsaturated/α-hetero) is 1. The molecule has 0 saturated heterocycles. The van der Waals surface area contributed by atoms with E-state index in [0.717, 1.165) is 42.6 Å². The second-order valence-corrected chi connectivity index (χ2v) is 7.14. The predicted octanol–water partition coefficient (Wildman–Crippen LogP) is 4.41. The average Bonchev–Trinajstić information content (AvgIpc) is 3.16. The van der Waals surface area contributed by atoms with Gasteiger partial charge in [-0.2, -0.15) is 0 Å². The minimum atomic E-state index is -1.00. The lowest BCUT2D eigenvalue weighted by Crippen LogP contribution is -2.08. The molecule has 2 aromatic heterocycles. The van der Waals surface area contributed by atoms with Crippen LogP contribution in [-0.2, 0) is 13.0 Å². The van der Waals surface area contributed by atoms with Gasteiger partial charge in [0.15, 0.2) is 0 Å². The molecule has 7 heteroatoms. The summed E-state index contributed by atoms with van der Waals surface area (Å²) < 4.78 is 1.80. The second kappa shape index (κ2) is 9.91. The third-order valence-electron chi connectivity index (χ3n) is 4.92. The molecule has 0 fully saturated rings. The van der Waals surface area contributed by atoms with Crippen LogP contribution >= 0.6 is 0 Å². The molecule has 1 aromatic carbocycles. The Morgan fingerprint density at radius 2 is 1.83 bits per heavy atom.